The number of carbonyl (C=O) groups is 1. The van der Waals surface area contributed by atoms with Gasteiger partial charge in [0.2, 0.25) is 0 Å². The molecule has 0 radical (unpaired) electrons. The molecule has 0 spiro atoms. The van der Waals surface area contributed by atoms with Crippen molar-refractivity contribution in [1.82, 2.24) is 4.90 Å². The highest BCUT2D eigenvalue weighted by Gasteiger charge is 2.25. The van der Waals surface area contributed by atoms with Gasteiger partial charge >= 0.3 is 6.09 Å². The normalized spacial score (nSPS) is 16.0. The zero-order valence-electron chi connectivity index (χ0n) is 13.1. The Hall–Kier alpha value is -1.36. The molecule has 1 heterocycles. The number of carbonyl (C=O) groups excluding carboxylic acids is 1. The van der Waals surface area contributed by atoms with Gasteiger partial charge in [-0.05, 0) is 32.9 Å². The van der Waals surface area contributed by atoms with Gasteiger partial charge in [-0.3, -0.25) is 0 Å². The second-order valence-corrected chi connectivity index (χ2v) is 6.80. The average Bonchev–Trinajstić information content (AvgIpc) is 2.40. The summed E-state index contributed by atoms with van der Waals surface area (Å²) in [6.45, 7) is 8.57. The third kappa shape index (κ3) is 4.30. The molecule has 1 amide bonds. The Kier molecular flexibility index (Phi) is 4.72. The van der Waals surface area contributed by atoms with Gasteiger partial charge < -0.3 is 14.5 Å². The van der Waals surface area contributed by atoms with Gasteiger partial charge in [0.15, 0.2) is 0 Å². The molecule has 1 aromatic rings. The van der Waals surface area contributed by atoms with Crippen LogP contribution in [0.1, 0.15) is 20.8 Å². The number of halogens is 1. The number of rotatable bonds is 1. The molecule has 0 aromatic heterocycles. The fourth-order valence-corrected chi connectivity index (χ4v) is 2.43. The molecule has 1 aromatic carbocycles. The standard InChI is InChI=1S/C15H22BClN2O2/c1-15(2,3)21-14(20)19-8-6-18(7-9-19)11-4-5-12(16)13(17)10-11/h4-5,10H,6-9,16H2,1-3H3. The van der Waals surface area contributed by atoms with Crippen LogP contribution in [-0.4, -0.2) is 50.6 Å². The molecule has 114 valence electrons. The first-order valence-corrected chi connectivity index (χ1v) is 7.63. The van der Waals surface area contributed by atoms with Crippen molar-refractivity contribution in [2.75, 3.05) is 31.1 Å². The molecule has 0 saturated carbocycles. The lowest BCUT2D eigenvalue weighted by Gasteiger charge is -2.36. The van der Waals surface area contributed by atoms with E-state index in [1.165, 1.54) is 0 Å². The van der Waals surface area contributed by atoms with Crippen molar-refractivity contribution < 1.29 is 9.53 Å². The third-order valence-corrected chi connectivity index (χ3v) is 3.86. The van der Waals surface area contributed by atoms with Crippen LogP contribution >= 0.6 is 11.6 Å². The summed E-state index contributed by atoms with van der Waals surface area (Å²) in [5.74, 6) is 0. The van der Waals surface area contributed by atoms with Gasteiger partial charge in [-0.2, -0.15) is 0 Å². The number of hydrogen-bond acceptors (Lipinski definition) is 3. The van der Waals surface area contributed by atoms with E-state index in [2.05, 4.69) is 11.0 Å². The van der Waals surface area contributed by atoms with Crippen molar-refractivity contribution in [2.24, 2.45) is 0 Å². The highest BCUT2D eigenvalue weighted by molar-refractivity contribution is 6.45. The molecule has 6 heteroatoms. The van der Waals surface area contributed by atoms with Crippen LogP contribution in [0.3, 0.4) is 0 Å². The van der Waals surface area contributed by atoms with Crippen LogP contribution in [0.25, 0.3) is 0 Å². The summed E-state index contributed by atoms with van der Waals surface area (Å²) in [6.07, 6.45) is -0.232. The van der Waals surface area contributed by atoms with E-state index in [9.17, 15) is 4.79 Å². The molecule has 1 aliphatic heterocycles. The van der Waals surface area contributed by atoms with Crippen molar-refractivity contribution in [3.8, 4) is 0 Å². The van der Waals surface area contributed by atoms with Crippen molar-refractivity contribution in [3.05, 3.63) is 23.2 Å². The van der Waals surface area contributed by atoms with Crippen LogP contribution in [0.2, 0.25) is 5.02 Å². The molecular weight excluding hydrogens is 286 g/mol. The van der Waals surface area contributed by atoms with Gasteiger partial charge in [0, 0.05) is 36.9 Å². The van der Waals surface area contributed by atoms with Gasteiger partial charge in [-0.15, -0.1) is 0 Å². The third-order valence-electron chi connectivity index (χ3n) is 3.45. The Morgan fingerprint density at radius 1 is 1.24 bits per heavy atom. The fraction of sp³-hybridized carbons (Fsp3) is 0.533. The lowest BCUT2D eigenvalue weighted by molar-refractivity contribution is 0.0240. The summed E-state index contributed by atoms with van der Waals surface area (Å²) in [4.78, 5) is 16.0. The maximum absolute atomic E-state index is 12.0. The topological polar surface area (TPSA) is 32.8 Å². The molecule has 21 heavy (non-hydrogen) atoms. The molecule has 0 bridgehead atoms. The lowest BCUT2D eigenvalue weighted by atomic mass is 9.96. The van der Waals surface area contributed by atoms with Crippen molar-refractivity contribution in [2.45, 2.75) is 26.4 Å². The molecule has 1 fully saturated rings. The number of amides is 1. The summed E-state index contributed by atoms with van der Waals surface area (Å²) in [7, 11) is 1.99. The minimum Gasteiger partial charge on any atom is -0.444 e. The zero-order valence-corrected chi connectivity index (χ0v) is 13.9. The first-order chi connectivity index (χ1) is 9.76. The molecule has 0 aliphatic carbocycles. The van der Waals surface area contributed by atoms with Gasteiger partial charge in [0.1, 0.15) is 13.4 Å². The SMILES string of the molecule is Bc1ccc(N2CCN(C(=O)OC(C)(C)C)CC2)cc1Cl. The summed E-state index contributed by atoms with van der Waals surface area (Å²) in [5, 5.41) is 0.780. The van der Waals surface area contributed by atoms with E-state index in [1.54, 1.807) is 4.90 Å². The number of hydrogen-bond donors (Lipinski definition) is 0. The highest BCUT2D eigenvalue weighted by Crippen LogP contribution is 2.20. The number of piperazine rings is 1. The Morgan fingerprint density at radius 3 is 2.38 bits per heavy atom. The summed E-state index contributed by atoms with van der Waals surface area (Å²) >= 11 is 6.17. The van der Waals surface area contributed by atoms with Crippen molar-refractivity contribution >= 4 is 36.7 Å². The Labute approximate surface area is 132 Å². The number of nitrogens with zero attached hydrogens (tertiary/aromatic N) is 2. The van der Waals surface area contributed by atoms with E-state index in [0.29, 0.717) is 13.1 Å². The van der Waals surface area contributed by atoms with E-state index < -0.39 is 5.60 Å². The Balaban J connectivity index is 1.94. The summed E-state index contributed by atoms with van der Waals surface area (Å²) in [6, 6.07) is 6.09. The predicted octanol–water partition coefficient (Wildman–Crippen LogP) is 1.66. The quantitative estimate of drug-likeness (QED) is 0.740. The van der Waals surface area contributed by atoms with E-state index in [1.807, 2.05) is 40.8 Å². The molecule has 0 unspecified atom stereocenters. The second-order valence-electron chi connectivity index (χ2n) is 6.39. The van der Waals surface area contributed by atoms with Crippen LogP contribution < -0.4 is 10.4 Å². The number of anilines is 1. The fourth-order valence-electron chi connectivity index (χ4n) is 2.25. The first kappa shape index (κ1) is 16.0. The number of ether oxygens (including phenoxy) is 1. The van der Waals surface area contributed by atoms with E-state index in [4.69, 9.17) is 16.3 Å². The first-order valence-electron chi connectivity index (χ1n) is 7.25. The predicted molar refractivity (Wildman–Crippen MR) is 89.7 cm³/mol. The highest BCUT2D eigenvalue weighted by atomic mass is 35.5. The maximum Gasteiger partial charge on any atom is 0.410 e. The zero-order chi connectivity index (χ0) is 15.6. The molecule has 0 atom stereocenters. The molecule has 2 rings (SSSR count). The van der Waals surface area contributed by atoms with Crippen LogP contribution in [0, 0.1) is 0 Å². The Morgan fingerprint density at radius 2 is 1.86 bits per heavy atom. The van der Waals surface area contributed by atoms with Crippen LogP contribution in [-0.2, 0) is 4.74 Å². The summed E-state index contributed by atoms with van der Waals surface area (Å²) < 4.78 is 5.40. The maximum atomic E-state index is 12.0. The molecule has 1 saturated heterocycles. The van der Waals surface area contributed by atoms with Crippen LogP contribution in [0.15, 0.2) is 18.2 Å². The monoisotopic (exact) mass is 308 g/mol. The second kappa shape index (κ2) is 6.18. The minimum atomic E-state index is -0.446. The molecule has 1 aliphatic rings. The van der Waals surface area contributed by atoms with E-state index >= 15 is 0 Å². The largest absolute Gasteiger partial charge is 0.444 e. The molecule has 0 N–H and O–H groups in total. The molecule has 4 nitrogen and oxygen atoms in total. The minimum absolute atomic E-state index is 0.232. The van der Waals surface area contributed by atoms with E-state index in [-0.39, 0.29) is 6.09 Å². The lowest BCUT2D eigenvalue weighted by Crippen LogP contribution is -2.50. The van der Waals surface area contributed by atoms with Gasteiger partial charge in [0.25, 0.3) is 0 Å². The van der Waals surface area contributed by atoms with Crippen molar-refractivity contribution in [1.29, 1.82) is 0 Å². The molecular formula is C15H22BClN2O2. The van der Waals surface area contributed by atoms with Crippen molar-refractivity contribution in [3.63, 3.8) is 0 Å². The smallest absolute Gasteiger partial charge is 0.410 e. The average molecular weight is 309 g/mol. The van der Waals surface area contributed by atoms with Gasteiger partial charge in [-0.25, -0.2) is 4.79 Å². The van der Waals surface area contributed by atoms with Gasteiger partial charge in [0.05, 0.1) is 0 Å². The van der Waals surface area contributed by atoms with Crippen LogP contribution in [0.4, 0.5) is 10.5 Å². The van der Waals surface area contributed by atoms with Gasteiger partial charge in [-0.1, -0.05) is 23.1 Å². The van der Waals surface area contributed by atoms with Crippen LogP contribution in [0.5, 0.6) is 0 Å². The number of benzene rings is 1. The summed E-state index contributed by atoms with van der Waals surface area (Å²) in [5.41, 5.74) is 1.74. The van der Waals surface area contributed by atoms with E-state index in [0.717, 1.165) is 29.3 Å². The Bertz CT molecular complexity index is 523.